The van der Waals surface area contributed by atoms with Gasteiger partial charge in [0.1, 0.15) is 17.9 Å². The highest BCUT2D eigenvalue weighted by Crippen LogP contribution is 2.34. The summed E-state index contributed by atoms with van der Waals surface area (Å²) in [6, 6.07) is 12.0. The third-order valence-electron chi connectivity index (χ3n) is 4.80. The van der Waals surface area contributed by atoms with Gasteiger partial charge < -0.3 is 10.1 Å². The number of nitrogens with one attached hydrogen (secondary N) is 1. The van der Waals surface area contributed by atoms with Gasteiger partial charge in [0.15, 0.2) is 5.82 Å². The van der Waals surface area contributed by atoms with Crippen molar-refractivity contribution in [2.75, 3.05) is 5.32 Å². The average Bonchev–Trinajstić information content (AvgIpc) is 2.86. The minimum Gasteiger partial charge on any atom is -0.438 e. The van der Waals surface area contributed by atoms with E-state index in [1.807, 2.05) is 6.92 Å². The Bertz CT molecular complexity index is 1380. The molecule has 11 heteroatoms. The number of rotatable bonds is 6. The van der Waals surface area contributed by atoms with E-state index in [9.17, 15) is 18.0 Å². The summed E-state index contributed by atoms with van der Waals surface area (Å²) in [6.45, 7) is 1.92. The first kappa shape index (κ1) is 24.1. The molecule has 35 heavy (non-hydrogen) atoms. The Labute approximate surface area is 203 Å². The van der Waals surface area contributed by atoms with Gasteiger partial charge in [0.25, 0.3) is 5.91 Å². The van der Waals surface area contributed by atoms with E-state index in [4.69, 9.17) is 16.3 Å². The molecule has 2 heterocycles. The van der Waals surface area contributed by atoms with Crippen molar-refractivity contribution in [2.45, 2.75) is 19.5 Å². The van der Waals surface area contributed by atoms with E-state index in [2.05, 4.69) is 25.3 Å². The van der Waals surface area contributed by atoms with Gasteiger partial charge in [-0.3, -0.25) is 4.79 Å². The van der Waals surface area contributed by atoms with Crippen molar-refractivity contribution < 1.29 is 22.7 Å². The highest BCUT2D eigenvalue weighted by Gasteiger charge is 2.31. The Morgan fingerprint density at radius 1 is 1.06 bits per heavy atom. The molecule has 0 aliphatic carbocycles. The van der Waals surface area contributed by atoms with Crippen molar-refractivity contribution >= 4 is 23.2 Å². The predicted octanol–water partition coefficient (Wildman–Crippen LogP) is 6.21. The van der Waals surface area contributed by atoms with Crippen molar-refractivity contribution in [3.8, 4) is 23.0 Å². The number of halogens is 4. The summed E-state index contributed by atoms with van der Waals surface area (Å²) >= 11 is 6.20. The molecule has 0 saturated carbocycles. The zero-order chi connectivity index (χ0) is 25.0. The predicted molar refractivity (Wildman–Crippen MR) is 123 cm³/mol. The third-order valence-corrected chi connectivity index (χ3v) is 5.13. The maximum Gasteiger partial charge on any atom is 0.416 e. The third kappa shape index (κ3) is 5.72. The van der Waals surface area contributed by atoms with Crippen LogP contribution in [-0.4, -0.2) is 25.8 Å². The number of anilines is 1. The van der Waals surface area contributed by atoms with Gasteiger partial charge in [-0.2, -0.15) is 13.2 Å². The lowest BCUT2D eigenvalue weighted by molar-refractivity contribution is -0.137. The molecule has 2 aromatic heterocycles. The fourth-order valence-corrected chi connectivity index (χ4v) is 3.24. The average molecular weight is 500 g/mol. The molecule has 4 aromatic rings. The van der Waals surface area contributed by atoms with E-state index in [1.165, 1.54) is 30.7 Å². The van der Waals surface area contributed by atoms with Crippen LogP contribution >= 0.6 is 11.6 Å². The fourth-order valence-electron chi connectivity index (χ4n) is 3.08. The molecule has 0 unspecified atom stereocenters. The number of hydrogen-bond donors (Lipinski definition) is 1. The molecule has 2 aromatic carbocycles. The second-order valence-corrected chi connectivity index (χ2v) is 7.62. The van der Waals surface area contributed by atoms with Crippen LogP contribution in [0.5, 0.6) is 11.6 Å². The van der Waals surface area contributed by atoms with Gasteiger partial charge in [-0.25, -0.2) is 19.9 Å². The van der Waals surface area contributed by atoms with E-state index in [0.717, 1.165) is 18.2 Å². The van der Waals surface area contributed by atoms with Crippen molar-refractivity contribution in [1.29, 1.82) is 0 Å². The van der Waals surface area contributed by atoms with E-state index >= 15 is 0 Å². The molecule has 7 nitrogen and oxygen atoms in total. The van der Waals surface area contributed by atoms with Gasteiger partial charge in [0.05, 0.1) is 21.8 Å². The van der Waals surface area contributed by atoms with Crippen LogP contribution in [0, 0.1) is 0 Å². The summed E-state index contributed by atoms with van der Waals surface area (Å²) in [6.07, 6.45) is -1.01. The number of hydrogen-bond acceptors (Lipinski definition) is 6. The zero-order valence-corrected chi connectivity index (χ0v) is 18.9. The molecule has 0 bridgehead atoms. The number of carbonyl (C=O) groups excluding carboxylic acids is 1. The molecule has 1 amide bonds. The Hall–Kier alpha value is -4.05. The van der Waals surface area contributed by atoms with Crippen LogP contribution in [-0.2, 0) is 12.6 Å². The maximum atomic E-state index is 13.0. The SMILES string of the molecule is CCc1ncnc(-c2cccnc2Oc2ccc(Cl)c(NC(=O)c3cccc(C(F)(F)F)c3)c2)n1. The van der Waals surface area contributed by atoms with Crippen LogP contribution in [0.4, 0.5) is 18.9 Å². The standard InChI is InChI=1S/C24H17ClF3N5O2/c1-2-20-30-13-31-21(33-20)17-7-4-10-29-23(17)35-16-8-9-18(25)19(12-16)32-22(34)14-5-3-6-15(11-14)24(26,27)28/h3-13H,2H2,1H3,(H,32,34). The van der Waals surface area contributed by atoms with Crippen molar-refractivity contribution in [3.05, 3.63) is 89.1 Å². The monoisotopic (exact) mass is 499 g/mol. The van der Waals surface area contributed by atoms with E-state index in [-0.39, 0.29) is 27.9 Å². The number of amides is 1. The van der Waals surface area contributed by atoms with Crippen LogP contribution in [0.3, 0.4) is 0 Å². The number of aryl methyl sites for hydroxylation is 1. The molecule has 0 atom stereocenters. The molecule has 0 spiro atoms. The smallest absolute Gasteiger partial charge is 0.416 e. The Balaban J connectivity index is 1.59. The van der Waals surface area contributed by atoms with Crippen molar-refractivity contribution in [3.63, 3.8) is 0 Å². The van der Waals surface area contributed by atoms with E-state index < -0.39 is 17.6 Å². The van der Waals surface area contributed by atoms with Crippen molar-refractivity contribution in [1.82, 2.24) is 19.9 Å². The number of alkyl halides is 3. The first-order valence-corrected chi connectivity index (χ1v) is 10.7. The number of nitrogens with zero attached hydrogens (tertiary/aromatic N) is 4. The summed E-state index contributed by atoms with van der Waals surface area (Å²) in [5.41, 5.74) is -0.428. The normalized spacial score (nSPS) is 11.2. The van der Waals surface area contributed by atoms with Crippen LogP contribution in [0.15, 0.2) is 67.1 Å². The molecule has 1 N–H and O–H groups in total. The molecular formula is C24H17ClF3N5O2. The summed E-state index contributed by atoms with van der Waals surface area (Å²) in [5, 5.41) is 2.69. The molecule has 0 fully saturated rings. The molecule has 178 valence electrons. The van der Waals surface area contributed by atoms with Crippen LogP contribution in [0.2, 0.25) is 5.02 Å². The molecule has 0 saturated heterocycles. The van der Waals surface area contributed by atoms with Gasteiger partial charge in [-0.1, -0.05) is 24.6 Å². The number of ether oxygens (including phenoxy) is 1. The van der Waals surface area contributed by atoms with Crippen molar-refractivity contribution in [2.24, 2.45) is 0 Å². The maximum absolute atomic E-state index is 13.0. The Morgan fingerprint density at radius 3 is 2.66 bits per heavy atom. The lowest BCUT2D eigenvalue weighted by Gasteiger charge is -2.13. The first-order valence-electron chi connectivity index (χ1n) is 10.3. The largest absolute Gasteiger partial charge is 0.438 e. The Kier molecular flexibility index (Phi) is 6.92. The van der Waals surface area contributed by atoms with Crippen LogP contribution < -0.4 is 10.1 Å². The molecule has 0 aliphatic rings. The minimum atomic E-state index is -4.57. The van der Waals surface area contributed by atoms with Gasteiger partial charge in [0.2, 0.25) is 5.88 Å². The summed E-state index contributed by atoms with van der Waals surface area (Å²) in [4.78, 5) is 29.5. The highest BCUT2D eigenvalue weighted by atomic mass is 35.5. The molecular weight excluding hydrogens is 483 g/mol. The lowest BCUT2D eigenvalue weighted by Crippen LogP contribution is -2.14. The van der Waals surface area contributed by atoms with Gasteiger partial charge in [-0.15, -0.1) is 0 Å². The van der Waals surface area contributed by atoms with E-state index in [0.29, 0.717) is 23.6 Å². The van der Waals surface area contributed by atoms with Crippen LogP contribution in [0.25, 0.3) is 11.4 Å². The molecule has 0 radical (unpaired) electrons. The van der Waals surface area contributed by atoms with Gasteiger partial charge >= 0.3 is 6.18 Å². The quantitative estimate of drug-likeness (QED) is 0.339. The minimum absolute atomic E-state index is 0.150. The topological polar surface area (TPSA) is 89.9 Å². The number of pyridine rings is 1. The summed E-state index contributed by atoms with van der Waals surface area (Å²) in [7, 11) is 0. The molecule has 0 aliphatic heterocycles. The molecule has 4 rings (SSSR count). The first-order chi connectivity index (χ1) is 16.7. The van der Waals surface area contributed by atoms with Crippen LogP contribution in [0.1, 0.15) is 28.7 Å². The Morgan fingerprint density at radius 2 is 1.89 bits per heavy atom. The number of benzene rings is 2. The summed E-state index contributed by atoms with van der Waals surface area (Å²) < 4.78 is 44.9. The van der Waals surface area contributed by atoms with Gasteiger partial charge in [-0.05, 0) is 42.5 Å². The number of carbonyl (C=O) groups is 1. The van der Waals surface area contributed by atoms with E-state index in [1.54, 1.807) is 18.2 Å². The fraction of sp³-hybridized carbons (Fsp3) is 0.125. The second kappa shape index (κ2) is 10.1. The van der Waals surface area contributed by atoms with Gasteiger partial charge in [0, 0.05) is 24.2 Å². The summed E-state index contributed by atoms with van der Waals surface area (Å²) in [5.74, 6) is 0.713. The zero-order valence-electron chi connectivity index (χ0n) is 18.2. The highest BCUT2D eigenvalue weighted by molar-refractivity contribution is 6.34. The second-order valence-electron chi connectivity index (χ2n) is 7.21. The number of aromatic nitrogens is 4. The lowest BCUT2D eigenvalue weighted by atomic mass is 10.1.